The number of methoxy groups -OCH3 is 1. The van der Waals surface area contributed by atoms with Crippen LogP contribution in [0.15, 0.2) is 36.4 Å². The zero-order chi connectivity index (χ0) is 20.7. The summed E-state index contributed by atoms with van der Waals surface area (Å²) in [6.45, 7) is 2.06. The van der Waals surface area contributed by atoms with Crippen LogP contribution in [0, 0.1) is 5.92 Å². The molecule has 2 amide bonds. The van der Waals surface area contributed by atoms with Gasteiger partial charge in [0.15, 0.2) is 11.5 Å². The van der Waals surface area contributed by atoms with E-state index < -0.39 is 0 Å². The van der Waals surface area contributed by atoms with Gasteiger partial charge in [0.1, 0.15) is 19.0 Å². The molecule has 156 valence electrons. The van der Waals surface area contributed by atoms with Crippen molar-refractivity contribution in [3.63, 3.8) is 0 Å². The van der Waals surface area contributed by atoms with E-state index in [9.17, 15) is 9.59 Å². The van der Waals surface area contributed by atoms with Crippen molar-refractivity contribution < 1.29 is 23.8 Å². The van der Waals surface area contributed by atoms with Gasteiger partial charge in [-0.1, -0.05) is 0 Å². The fourth-order valence-corrected chi connectivity index (χ4v) is 4.47. The van der Waals surface area contributed by atoms with E-state index in [0.29, 0.717) is 37.8 Å². The Morgan fingerprint density at radius 1 is 1.10 bits per heavy atom. The molecule has 2 aromatic carbocycles. The zero-order valence-corrected chi connectivity index (χ0v) is 16.9. The van der Waals surface area contributed by atoms with Crippen molar-refractivity contribution in [3.8, 4) is 17.2 Å². The van der Waals surface area contributed by atoms with Crippen LogP contribution in [0.25, 0.3) is 0 Å². The van der Waals surface area contributed by atoms with Crippen LogP contribution in [-0.2, 0) is 16.0 Å². The highest BCUT2D eigenvalue weighted by molar-refractivity contribution is 6.05. The van der Waals surface area contributed by atoms with Crippen LogP contribution in [0.1, 0.15) is 18.4 Å². The molecule has 0 N–H and O–H groups in total. The molecule has 1 atom stereocenters. The molecule has 30 heavy (non-hydrogen) atoms. The summed E-state index contributed by atoms with van der Waals surface area (Å²) < 4.78 is 16.5. The summed E-state index contributed by atoms with van der Waals surface area (Å²) in [4.78, 5) is 29.6. The van der Waals surface area contributed by atoms with Crippen molar-refractivity contribution >= 4 is 23.2 Å². The maximum atomic E-state index is 13.3. The minimum absolute atomic E-state index is 0.00881. The monoisotopic (exact) mass is 408 g/mol. The number of amides is 2. The van der Waals surface area contributed by atoms with Gasteiger partial charge in [-0.2, -0.15) is 0 Å². The second-order valence-electron chi connectivity index (χ2n) is 7.82. The summed E-state index contributed by atoms with van der Waals surface area (Å²) in [5, 5.41) is 0. The lowest BCUT2D eigenvalue weighted by Crippen LogP contribution is -2.40. The number of hydrogen-bond acceptors (Lipinski definition) is 5. The van der Waals surface area contributed by atoms with Crippen LogP contribution in [-0.4, -0.2) is 45.2 Å². The maximum Gasteiger partial charge on any atom is 0.232 e. The lowest BCUT2D eigenvalue weighted by Gasteiger charge is -2.31. The average molecular weight is 408 g/mol. The Morgan fingerprint density at radius 3 is 2.77 bits per heavy atom. The molecule has 0 spiro atoms. The van der Waals surface area contributed by atoms with E-state index in [2.05, 4.69) is 0 Å². The predicted octanol–water partition coefficient (Wildman–Crippen LogP) is 2.80. The van der Waals surface area contributed by atoms with E-state index in [1.165, 1.54) is 0 Å². The van der Waals surface area contributed by atoms with Gasteiger partial charge in [-0.3, -0.25) is 9.59 Å². The van der Waals surface area contributed by atoms with Gasteiger partial charge < -0.3 is 24.0 Å². The molecule has 7 heteroatoms. The first-order chi connectivity index (χ1) is 14.6. The molecule has 1 saturated heterocycles. The quantitative estimate of drug-likeness (QED) is 0.781. The van der Waals surface area contributed by atoms with Crippen molar-refractivity contribution in [2.24, 2.45) is 5.92 Å². The highest BCUT2D eigenvalue weighted by Gasteiger charge is 2.39. The standard InChI is InChI=1S/C23H24N2O5/c1-28-18-5-6-19-15(11-18)3-2-8-24(19)23(27)16-12-22(26)25(14-16)17-4-7-20-21(13-17)30-10-9-29-20/h4-7,11,13,16H,2-3,8-10,12,14H2,1H3/t16-/m1/s1. The molecule has 0 unspecified atom stereocenters. The Bertz CT molecular complexity index is 1010. The summed E-state index contributed by atoms with van der Waals surface area (Å²) in [7, 11) is 1.64. The number of carbonyl (C=O) groups excluding carboxylic acids is 2. The van der Waals surface area contributed by atoms with Gasteiger partial charge in [-0.05, 0) is 48.7 Å². The van der Waals surface area contributed by atoms with Crippen LogP contribution in [0.3, 0.4) is 0 Å². The number of benzene rings is 2. The summed E-state index contributed by atoms with van der Waals surface area (Å²) in [5.74, 6) is 1.72. The fraction of sp³-hybridized carbons (Fsp3) is 0.391. The van der Waals surface area contributed by atoms with Crippen molar-refractivity contribution in [1.29, 1.82) is 0 Å². The normalized spacial score (nSPS) is 20.2. The highest BCUT2D eigenvalue weighted by Crippen LogP contribution is 2.37. The van der Waals surface area contributed by atoms with Gasteiger partial charge >= 0.3 is 0 Å². The van der Waals surface area contributed by atoms with Gasteiger partial charge in [0.25, 0.3) is 0 Å². The van der Waals surface area contributed by atoms with Crippen molar-refractivity contribution in [1.82, 2.24) is 0 Å². The zero-order valence-electron chi connectivity index (χ0n) is 16.9. The summed E-state index contributed by atoms with van der Waals surface area (Å²) in [6.07, 6.45) is 2.04. The van der Waals surface area contributed by atoms with Crippen LogP contribution >= 0.6 is 0 Å². The number of fused-ring (bicyclic) bond motifs is 2. The van der Waals surface area contributed by atoms with Gasteiger partial charge in [0.2, 0.25) is 11.8 Å². The van der Waals surface area contributed by atoms with E-state index in [-0.39, 0.29) is 24.2 Å². The molecule has 0 radical (unpaired) electrons. The van der Waals surface area contributed by atoms with Crippen LogP contribution in [0.2, 0.25) is 0 Å². The minimum Gasteiger partial charge on any atom is -0.497 e. The molecule has 0 bridgehead atoms. The molecule has 3 heterocycles. The molecule has 5 rings (SSSR count). The number of ether oxygens (including phenoxy) is 3. The Labute approximate surface area is 175 Å². The topological polar surface area (TPSA) is 68.3 Å². The third kappa shape index (κ3) is 3.24. The minimum atomic E-state index is -0.362. The molecule has 3 aliphatic rings. The van der Waals surface area contributed by atoms with Gasteiger partial charge in [-0.25, -0.2) is 0 Å². The van der Waals surface area contributed by atoms with Crippen LogP contribution in [0.4, 0.5) is 11.4 Å². The van der Waals surface area contributed by atoms with Crippen LogP contribution in [0.5, 0.6) is 17.2 Å². The average Bonchev–Trinajstić information content (AvgIpc) is 3.19. The summed E-state index contributed by atoms with van der Waals surface area (Å²) >= 11 is 0. The molecule has 1 fully saturated rings. The first-order valence-electron chi connectivity index (χ1n) is 10.3. The van der Waals surface area contributed by atoms with Crippen molar-refractivity contribution in [3.05, 3.63) is 42.0 Å². The van der Waals surface area contributed by atoms with E-state index in [0.717, 1.165) is 35.5 Å². The van der Waals surface area contributed by atoms with E-state index in [1.807, 2.05) is 41.3 Å². The molecule has 0 aliphatic carbocycles. The Hall–Kier alpha value is -3.22. The second-order valence-corrected chi connectivity index (χ2v) is 7.82. The van der Waals surface area contributed by atoms with Crippen molar-refractivity contribution in [2.75, 3.05) is 43.2 Å². The van der Waals surface area contributed by atoms with Crippen molar-refractivity contribution in [2.45, 2.75) is 19.3 Å². The third-order valence-corrected chi connectivity index (χ3v) is 5.98. The highest BCUT2D eigenvalue weighted by atomic mass is 16.6. The van der Waals surface area contributed by atoms with Gasteiger partial charge in [0, 0.05) is 37.0 Å². The molecule has 2 aromatic rings. The SMILES string of the molecule is COc1ccc2c(c1)CCCN2C(=O)[C@@H]1CC(=O)N(c2ccc3c(c2)OCCO3)C1. The predicted molar refractivity (Wildman–Crippen MR) is 112 cm³/mol. The summed E-state index contributed by atoms with van der Waals surface area (Å²) in [5.41, 5.74) is 2.78. The number of anilines is 2. The lowest BCUT2D eigenvalue weighted by molar-refractivity contribution is -0.124. The molecule has 0 aromatic heterocycles. The summed E-state index contributed by atoms with van der Waals surface area (Å²) in [6, 6.07) is 11.3. The smallest absolute Gasteiger partial charge is 0.232 e. The van der Waals surface area contributed by atoms with E-state index in [4.69, 9.17) is 14.2 Å². The first kappa shape index (κ1) is 18.8. The molecule has 0 saturated carbocycles. The molecular formula is C23H24N2O5. The molecule has 7 nitrogen and oxygen atoms in total. The van der Waals surface area contributed by atoms with Crippen LogP contribution < -0.4 is 24.0 Å². The Morgan fingerprint density at radius 2 is 1.93 bits per heavy atom. The Balaban J connectivity index is 1.36. The second kappa shape index (κ2) is 7.55. The Kier molecular flexibility index (Phi) is 4.73. The molecular weight excluding hydrogens is 384 g/mol. The molecule has 3 aliphatic heterocycles. The van der Waals surface area contributed by atoms with E-state index >= 15 is 0 Å². The van der Waals surface area contributed by atoms with Gasteiger partial charge in [0.05, 0.1) is 13.0 Å². The fourth-order valence-electron chi connectivity index (χ4n) is 4.47. The maximum absolute atomic E-state index is 13.3. The number of rotatable bonds is 3. The third-order valence-electron chi connectivity index (χ3n) is 5.98. The first-order valence-corrected chi connectivity index (χ1v) is 10.3. The largest absolute Gasteiger partial charge is 0.497 e. The number of carbonyl (C=O) groups is 2. The lowest BCUT2D eigenvalue weighted by atomic mass is 9.98. The number of hydrogen-bond donors (Lipinski definition) is 0. The van der Waals surface area contributed by atoms with Gasteiger partial charge in [-0.15, -0.1) is 0 Å². The number of nitrogens with zero attached hydrogens (tertiary/aromatic N) is 2. The number of aryl methyl sites for hydroxylation is 1. The van der Waals surface area contributed by atoms with E-state index in [1.54, 1.807) is 12.0 Å².